The first-order chi connectivity index (χ1) is 5.77. The van der Waals surface area contributed by atoms with Crippen LogP contribution in [0.1, 0.15) is 39.5 Å². The quantitative estimate of drug-likeness (QED) is 0.656. The summed E-state index contributed by atoms with van der Waals surface area (Å²) in [5, 5.41) is 8.74. The third-order valence-electron chi connectivity index (χ3n) is 3.06. The van der Waals surface area contributed by atoms with Crippen LogP contribution in [0.25, 0.3) is 0 Å². The lowest BCUT2D eigenvalue weighted by atomic mass is 9.89. The standard InChI is InChI=1S/C8H12O2.C2H6/c9-8(10)7-4-5-1-2-6(7)3-5;1-2/h5-7H,1-4H2,(H,9,10);1-2H3. The van der Waals surface area contributed by atoms with Crippen molar-refractivity contribution in [1.82, 2.24) is 0 Å². The van der Waals surface area contributed by atoms with Gasteiger partial charge >= 0.3 is 5.97 Å². The molecule has 0 saturated heterocycles. The summed E-state index contributed by atoms with van der Waals surface area (Å²) >= 11 is 0. The summed E-state index contributed by atoms with van der Waals surface area (Å²) in [7, 11) is 0. The van der Waals surface area contributed by atoms with Crippen LogP contribution in [-0.4, -0.2) is 11.1 Å². The Morgan fingerprint density at radius 3 is 2.17 bits per heavy atom. The fourth-order valence-electron chi connectivity index (χ4n) is 2.55. The highest BCUT2D eigenvalue weighted by molar-refractivity contribution is 5.71. The van der Waals surface area contributed by atoms with Gasteiger partial charge in [-0.05, 0) is 31.1 Å². The molecule has 2 heteroatoms. The number of aliphatic carboxylic acids is 1. The largest absolute Gasteiger partial charge is 0.481 e. The molecule has 2 fully saturated rings. The van der Waals surface area contributed by atoms with E-state index in [4.69, 9.17) is 5.11 Å². The number of hydrogen-bond acceptors (Lipinski definition) is 1. The van der Waals surface area contributed by atoms with Crippen LogP contribution in [0.3, 0.4) is 0 Å². The minimum atomic E-state index is -0.563. The Bertz CT molecular complexity index is 165. The second kappa shape index (κ2) is 3.92. The van der Waals surface area contributed by atoms with E-state index in [-0.39, 0.29) is 5.92 Å². The van der Waals surface area contributed by atoms with Gasteiger partial charge in [-0.15, -0.1) is 0 Å². The Morgan fingerprint density at radius 2 is 1.92 bits per heavy atom. The van der Waals surface area contributed by atoms with Crippen molar-refractivity contribution in [3.8, 4) is 0 Å². The van der Waals surface area contributed by atoms with Crippen molar-refractivity contribution < 1.29 is 9.90 Å². The Balaban J connectivity index is 0.000000336. The van der Waals surface area contributed by atoms with E-state index in [1.165, 1.54) is 19.3 Å². The van der Waals surface area contributed by atoms with Gasteiger partial charge in [-0.2, -0.15) is 0 Å². The first kappa shape index (κ1) is 9.56. The third-order valence-corrected chi connectivity index (χ3v) is 3.06. The summed E-state index contributed by atoms with van der Waals surface area (Å²) in [6, 6.07) is 0. The van der Waals surface area contributed by atoms with Gasteiger partial charge in [0, 0.05) is 0 Å². The summed E-state index contributed by atoms with van der Waals surface area (Å²) in [6.45, 7) is 4.00. The zero-order chi connectivity index (χ0) is 9.14. The molecule has 2 aliphatic rings. The maximum atomic E-state index is 10.6. The van der Waals surface area contributed by atoms with Gasteiger partial charge in [0.2, 0.25) is 0 Å². The number of rotatable bonds is 1. The minimum Gasteiger partial charge on any atom is -0.481 e. The number of fused-ring (bicyclic) bond motifs is 2. The van der Waals surface area contributed by atoms with Gasteiger partial charge in [0.15, 0.2) is 0 Å². The van der Waals surface area contributed by atoms with E-state index in [0.717, 1.165) is 12.3 Å². The van der Waals surface area contributed by atoms with Crippen LogP contribution >= 0.6 is 0 Å². The average molecular weight is 170 g/mol. The average Bonchev–Trinajstić information content (AvgIpc) is 2.67. The molecule has 3 unspecified atom stereocenters. The van der Waals surface area contributed by atoms with Crippen molar-refractivity contribution in [3.05, 3.63) is 0 Å². The maximum absolute atomic E-state index is 10.6. The van der Waals surface area contributed by atoms with Crippen molar-refractivity contribution >= 4 is 5.97 Å². The second-order valence-corrected chi connectivity index (χ2v) is 3.62. The van der Waals surface area contributed by atoms with Crippen molar-refractivity contribution in [2.24, 2.45) is 17.8 Å². The zero-order valence-electron chi connectivity index (χ0n) is 7.92. The van der Waals surface area contributed by atoms with Gasteiger partial charge in [0.1, 0.15) is 0 Å². The van der Waals surface area contributed by atoms with Crippen LogP contribution in [0.4, 0.5) is 0 Å². The van der Waals surface area contributed by atoms with Gasteiger partial charge in [-0.1, -0.05) is 20.3 Å². The fraction of sp³-hybridized carbons (Fsp3) is 0.900. The van der Waals surface area contributed by atoms with Crippen LogP contribution in [0.15, 0.2) is 0 Å². The van der Waals surface area contributed by atoms with Crippen molar-refractivity contribution in [2.75, 3.05) is 0 Å². The topological polar surface area (TPSA) is 37.3 Å². The van der Waals surface area contributed by atoms with Crippen LogP contribution in [0, 0.1) is 17.8 Å². The molecule has 1 N–H and O–H groups in total. The monoisotopic (exact) mass is 170 g/mol. The minimum absolute atomic E-state index is 0.0127. The highest BCUT2D eigenvalue weighted by atomic mass is 16.4. The van der Waals surface area contributed by atoms with Gasteiger partial charge in [0.25, 0.3) is 0 Å². The number of carbonyl (C=O) groups is 1. The van der Waals surface area contributed by atoms with E-state index < -0.39 is 5.97 Å². The normalized spacial score (nSPS) is 37.3. The SMILES string of the molecule is CC.O=C(O)C1CC2CCC1C2. The summed E-state index contributed by atoms with van der Waals surface area (Å²) < 4.78 is 0. The second-order valence-electron chi connectivity index (χ2n) is 3.62. The van der Waals surface area contributed by atoms with Crippen LogP contribution in [0.5, 0.6) is 0 Å². The summed E-state index contributed by atoms with van der Waals surface area (Å²) in [5.74, 6) is 0.736. The van der Waals surface area contributed by atoms with Crippen LogP contribution < -0.4 is 0 Å². The molecule has 0 radical (unpaired) electrons. The molecule has 2 bridgehead atoms. The van der Waals surface area contributed by atoms with Gasteiger partial charge in [-0.25, -0.2) is 0 Å². The first-order valence-electron chi connectivity index (χ1n) is 5.00. The number of hydrogen-bond donors (Lipinski definition) is 1. The molecule has 0 aromatic carbocycles. The molecule has 70 valence electrons. The molecule has 0 aliphatic heterocycles. The lowest BCUT2D eigenvalue weighted by Gasteiger charge is -2.16. The van der Waals surface area contributed by atoms with Gasteiger partial charge < -0.3 is 5.11 Å². The molecule has 12 heavy (non-hydrogen) atoms. The Hall–Kier alpha value is -0.530. The van der Waals surface area contributed by atoms with Crippen molar-refractivity contribution in [3.63, 3.8) is 0 Å². The molecule has 0 spiro atoms. The molecule has 0 amide bonds. The van der Waals surface area contributed by atoms with Gasteiger partial charge in [-0.3, -0.25) is 4.79 Å². The zero-order valence-corrected chi connectivity index (χ0v) is 7.92. The smallest absolute Gasteiger partial charge is 0.306 e. The van der Waals surface area contributed by atoms with E-state index >= 15 is 0 Å². The predicted molar refractivity (Wildman–Crippen MR) is 47.9 cm³/mol. The highest BCUT2D eigenvalue weighted by Gasteiger charge is 2.42. The molecular weight excluding hydrogens is 152 g/mol. The lowest BCUT2D eigenvalue weighted by molar-refractivity contribution is -0.143. The molecular formula is C10H18O2. The van der Waals surface area contributed by atoms with Crippen LogP contribution in [-0.2, 0) is 4.79 Å². The molecule has 2 aliphatic carbocycles. The lowest BCUT2D eigenvalue weighted by Crippen LogP contribution is -2.19. The van der Waals surface area contributed by atoms with E-state index in [1.807, 2.05) is 13.8 Å². The highest BCUT2D eigenvalue weighted by Crippen LogP contribution is 2.48. The summed E-state index contributed by atoms with van der Waals surface area (Å²) in [6.07, 6.45) is 4.60. The first-order valence-corrected chi connectivity index (χ1v) is 5.00. The molecule has 3 atom stereocenters. The Morgan fingerprint density at radius 1 is 1.25 bits per heavy atom. The molecule has 0 aromatic rings. The fourth-order valence-corrected chi connectivity index (χ4v) is 2.55. The predicted octanol–water partition coefficient (Wildman–Crippen LogP) is 2.53. The van der Waals surface area contributed by atoms with Crippen molar-refractivity contribution in [1.29, 1.82) is 0 Å². The molecule has 2 nitrogen and oxygen atoms in total. The maximum Gasteiger partial charge on any atom is 0.306 e. The number of carboxylic acid groups (broad SMARTS) is 1. The van der Waals surface area contributed by atoms with E-state index in [2.05, 4.69) is 0 Å². The molecule has 0 aromatic heterocycles. The Labute approximate surface area is 74.0 Å². The van der Waals surface area contributed by atoms with E-state index in [1.54, 1.807) is 0 Å². The van der Waals surface area contributed by atoms with E-state index in [9.17, 15) is 4.79 Å². The summed E-state index contributed by atoms with van der Waals surface area (Å²) in [5.41, 5.74) is 0. The molecule has 2 rings (SSSR count). The summed E-state index contributed by atoms with van der Waals surface area (Å²) in [4.78, 5) is 10.6. The van der Waals surface area contributed by atoms with Crippen molar-refractivity contribution in [2.45, 2.75) is 39.5 Å². The third kappa shape index (κ3) is 1.62. The Kier molecular flexibility index (Phi) is 3.12. The van der Waals surface area contributed by atoms with E-state index in [0.29, 0.717) is 5.92 Å². The van der Waals surface area contributed by atoms with Crippen LogP contribution in [0.2, 0.25) is 0 Å². The molecule has 2 saturated carbocycles. The number of carboxylic acids is 1. The molecule has 0 heterocycles. The van der Waals surface area contributed by atoms with Gasteiger partial charge in [0.05, 0.1) is 5.92 Å².